The van der Waals surface area contributed by atoms with Crippen LogP contribution in [0.25, 0.3) is 0 Å². The number of hydrogen-bond donors (Lipinski definition) is 1. The predicted molar refractivity (Wildman–Crippen MR) is 83.3 cm³/mol. The first kappa shape index (κ1) is 14.4. The van der Waals surface area contributed by atoms with Crippen LogP contribution < -0.4 is 5.32 Å². The lowest BCUT2D eigenvalue weighted by Gasteiger charge is -2.10. The van der Waals surface area contributed by atoms with Gasteiger partial charge in [-0.3, -0.25) is 4.79 Å². The van der Waals surface area contributed by atoms with E-state index in [1.54, 1.807) is 30.3 Å². The molecule has 0 saturated heterocycles. The molecule has 0 aliphatic heterocycles. The number of anilines is 1. The Kier molecular flexibility index (Phi) is 4.50. The van der Waals surface area contributed by atoms with Gasteiger partial charge in [0.15, 0.2) is 0 Å². The summed E-state index contributed by atoms with van der Waals surface area (Å²) in [5.74, 6) is -0.206. The summed E-state index contributed by atoms with van der Waals surface area (Å²) in [6.07, 6.45) is 0. The minimum atomic E-state index is -0.206. The Morgan fingerprint density at radius 3 is 2.42 bits per heavy atom. The van der Waals surface area contributed by atoms with E-state index in [1.165, 1.54) is 0 Å². The van der Waals surface area contributed by atoms with E-state index in [1.807, 2.05) is 13.0 Å². The molecule has 0 spiro atoms. The van der Waals surface area contributed by atoms with Crippen LogP contribution in [0.4, 0.5) is 5.69 Å². The summed E-state index contributed by atoms with van der Waals surface area (Å²) in [6, 6.07) is 10.4. The van der Waals surface area contributed by atoms with E-state index < -0.39 is 0 Å². The van der Waals surface area contributed by atoms with Crippen LogP contribution in [0.5, 0.6) is 0 Å². The fourth-order valence-corrected chi connectivity index (χ4v) is 2.57. The molecular formula is C14H10BrCl2NO. The molecule has 0 heterocycles. The van der Waals surface area contributed by atoms with E-state index in [9.17, 15) is 4.79 Å². The Morgan fingerprint density at radius 1 is 1.11 bits per heavy atom. The second-order valence-electron chi connectivity index (χ2n) is 4.04. The summed E-state index contributed by atoms with van der Waals surface area (Å²) >= 11 is 15.1. The van der Waals surface area contributed by atoms with Crippen LogP contribution in [-0.4, -0.2) is 5.91 Å². The third-order valence-electron chi connectivity index (χ3n) is 2.62. The van der Waals surface area contributed by atoms with Crippen LogP contribution in [0.3, 0.4) is 0 Å². The van der Waals surface area contributed by atoms with Gasteiger partial charge in [-0.2, -0.15) is 0 Å². The monoisotopic (exact) mass is 357 g/mol. The largest absolute Gasteiger partial charge is 0.321 e. The first-order valence-electron chi connectivity index (χ1n) is 5.50. The van der Waals surface area contributed by atoms with Gasteiger partial charge >= 0.3 is 0 Å². The molecule has 0 atom stereocenters. The van der Waals surface area contributed by atoms with E-state index >= 15 is 0 Å². The Bertz CT molecular complexity index is 643. The third kappa shape index (κ3) is 3.50. The normalized spacial score (nSPS) is 10.3. The summed E-state index contributed by atoms with van der Waals surface area (Å²) in [4.78, 5) is 12.2. The van der Waals surface area contributed by atoms with E-state index in [0.29, 0.717) is 21.3 Å². The molecule has 2 nitrogen and oxygen atoms in total. The lowest BCUT2D eigenvalue weighted by atomic mass is 10.1. The first-order chi connectivity index (χ1) is 8.97. The molecule has 2 rings (SSSR count). The molecule has 2 aromatic rings. The topological polar surface area (TPSA) is 29.1 Å². The molecular weight excluding hydrogens is 349 g/mol. The smallest absolute Gasteiger partial charge is 0.256 e. The maximum absolute atomic E-state index is 12.2. The number of carbonyl (C=O) groups excluding carboxylic acids is 1. The maximum atomic E-state index is 12.2. The molecule has 5 heteroatoms. The number of carbonyl (C=O) groups is 1. The minimum absolute atomic E-state index is 0.206. The van der Waals surface area contributed by atoms with Crippen molar-refractivity contribution in [2.75, 3.05) is 5.32 Å². The molecule has 0 unspecified atom stereocenters. The van der Waals surface area contributed by atoms with Crippen LogP contribution >= 0.6 is 39.1 Å². The lowest BCUT2D eigenvalue weighted by Crippen LogP contribution is -2.13. The first-order valence-corrected chi connectivity index (χ1v) is 7.05. The van der Waals surface area contributed by atoms with Crippen molar-refractivity contribution in [3.05, 3.63) is 62.0 Å². The maximum Gasteiger partial charge on any atom is 0.256 e. The molecule has 1 N–H and O–H groups in total. The van der Waals surface area contributed by atoms with Gasteiger partial charge < -0.3 is 5.32 Å². The molecule has 1 amide bonds. The highest BCUT2D eigenvalue weighted by Crippen LogP contribution is 2.27. The molecule has 0 bridgehead atoms. The van der Waals surface area contributed by atoms with Crippen LogP contribution in [-0.2, 0) is 0 Å². The van der Waals surface area contributed by atoms with Crippen molar-refractivity contribution < 1.29 is 4.79 Å². The summed E-state index contributed by atoms with van der Waals surface area (Å²) in [6.45, 7) is 1.86. The fourth-order valence-electron chi connectivity index (χ4n) is 1.62. The van der Waals surface area contributed by atoms with Crippen LogP contribution in [0.1, 0.15) is 15.9 Å². The quantitative estimate of drug-likeness (QED) is 0.773. The van der Waals surface area contributed by atoms with Gasteiger partial charge in [0, 0.05) is 20.1 Å². The van der Waals surface area contributed by atoms with Crippen LogP contribution in [0.2, 0.25) is 10.0 Å². The second-order valence-corrected chi connectivity index (χ2v) is 5.76. The summed E-state index contributed by atoms with van der Waals surface area (Å²) in [5, 5.41) is 3.95. The number of amides is 1. The van der Waals surface area contributed by atoms with E-state index in [2.05, 4.69) is 21.2 Å². The summed E-state index contributed by atoms with van der Waals surface area (Å²) in [5.41, 5.74) is 2.08. The zero-order valence-electron chi connectivity index (χ0n) is 10.0. The molecule has 0 aromatic heterocycles. The zero-order chi connectivity index (χ0) is 14.0. The van der Waals surface area contributed by atoms with Crippen molar-refractivity contribution in [3.8, 4) is 0 Å². The Balaban J connectivity index is 2.28. The number of benzene rings is 2. The predicted octanol–water partition coefficient (Wildman–Crippen LogP) is 5.32. The SMILES string of the molecule is Cc1ccc(Cl)cc1C(=O)Nc1ccc(Cl)cc1Br. The Morgan fingerprint density at radius 2 is 1.74 bits per heavy atom. The van der Waals surface area contributed by atoms with Gasteiger partial charge in [-0.05, 0) is 58.7 Å². The van der Waals surface area contributed by atoms with Gasteiger partial charge in [0.25, 0.3) is 5.91 Å². The van der Waals surface area contributed by atoms with Crippen molar-refractivity contribution >= 4 is 50.7 Å². The molecule has 19 heavy (non-hydrogen) atoms. The number of halogens is 3. The van der Waals surface area contributed by atoms with Crippen molar-refractivity contribution in [1.82, 2.24) is 0 Å². The zero-order valence-corrected chi connectivity index (χ0v) is 13.1. The van der Waals surface area contributed by atoms with E-state index in [0.717, 1.165) is 10.0 Å². The molecule has 98 valence electrons. The van der Waals surface area contributed by atoms with Crippen molar-refractivity contribution in [2.24, 2.45) is 0 Å². The van der Waals surface area contributed by atoms with Crippen LogP contribution in [0.15, 0.2) is 40.9 Å². The summed E-state index contributed by atoms with van der Waals surface area (Å²) in [7, 11) is 0. The average molecular weight is 359 g/mol. The standard InChI is InChI=1S/C14H10BrCl2NO/c1-8-2-3-9(16)6-11(8)14(19)18-13-5-4-10(17)7-12(13)15/h2-7H,1H3,(H,18,19). The molecule has 2 aromatic carbocycles. The van der Waals surface area contributed by atoms with Gasteiger partial charge in [0.05, 0.1) is 5.69 Å². The molecule has 0 radical (unpaired) electrons. The number of hydrogen-bond acceptors (Lipinski definition) is 1. The highest BCUT2D eigenvalue weighted by molar-refractivity contribution is 9.10. The highest BCUT2D eigenvalue weighted by atomic mass is 79.9. The summed E-state index contributed by atoms with van der Waals surface area (Å²) < 4.78 is 0.730. The van der Waals surface area contributed by atoms with Crippen LogP contribution in [0, 0.1) is 6.92 Å². The van der Waals surface area contributed by atoms with Crippen molar-refractivity contribution in [1.29, 1.82) is 0 Å². The highest BCUT2D eigenvalue weighted by Gasteiger charge is 2.11. The fraction of sp³-hybridized carbons (Fsp3) is 0.0714. The van der Waals surface area contributed by atoms with Gasteiger partial charge in [0.2, 0.25) is 0 Å². The second kappa shape index (κ2) is 5.95. The van der Waals surface area contributed by atoms with Crippen molar-refractivity contribution in [2.45, 2.75) is 6.92 Å². The van der Waals surface area contributed by atoms with E-state index in [4.69, 9.17) is 23.2 Å². The Labute approximate surface area is 129 Å². The lowest BCUT2D eigenvalue weighted by molar-refractivity contribution is 0.102. The number of nitrogens with one attached hydrogen (secondary N) is 1. The Hall–Kier alpha value is -1.03. The van der Waals surface area contributed by atoms with E-state index in [-0.39, 0.29) is 5.91 Å². The number of rotatable bonds is 2. The molecule has 0 aliphatic rings. The average Bonchev–Trinajstić information content (AvgIpc) is 2.35. The third-order valence-corrected chi connectivity index (χ3v) is 3.75. The molecule has 0 saturated carbocycles. The van der Waals surface area contributed by atoms with Gasteiger partial charge in [-0.1, -0.05) is 29.3 Å². The molecule has 0 aliphatic carbocycles. The number of aryl methyl sites for hydroxylation is 1. The minimum Gasteiger partial charge on any atom is -0.321 e. The van der Waals surface area contributed by atoms with Gasteiger partial charge in [-0.15, -0.1) is 0 Å². The molecule has 0 fully saturated rings. The van der Waals surface area contributed by atoms with Crippen molar-refractivity contribution in [3.63, 3.8) is 0 Å². The van der Waals surface area contributed by atoms with Gasteiger partial charge in [-0.25, -0.2) is 0 Å². The van der Waals surface area contributed by atoms with Gasteiger partial charge in [0.1, 0.15) is 0 Å².